The first-order valence-electron chi connectivity index (χ1n) is 6.44. The summed E-state index contributed by atoms with van der Waals surface area (Å²) in [6.45, 7) is 2.05. The first kappa shape index (κ1) is 15.8. The highest BCUT2D eigenvalue weighted by atomic mass is 35.5. The summed E-state index contributed by atoms with van der Waals surface area (Å²) in [6.07, 6.45) is 4.92. The number of carbonyl (C=O) groups excluding carboxylic acids is 1. The van der Waals surface area contributed by atoms with Gasteiger partial charge in [-0.2, -0.15) is 0 Å². The van der Waals surface area contributed by atoms with Crippen LogP contribution in [0.15, 0.2) is 18.2 Å². The molecule has 5 heteroatoms. The van der Waals surface area contributed by atoms with Gasteiger partial charge in [-0.15, -0.1) is 12.4 Å². The summed E-state index contributed by atoms with van der Waals surface area (Å²) in [7, 11) is 0. The predicted molar refractivity (Wildman–Crippen MR) is 77.9 cm³/mol. The van der Waals surface area contributed by atoms with Crippen LogP contribution in [-0.4, -0.2) is 5.91 Å². The molecule has 0 saturated heterocycles. The number of amides is 1. The Bertz CT molecular complexity index is 459. The van der Waals surface area contributed by atoms with E-state index in [-0.39, 0.29) is 29.4 Å². The summed E-state index contributed by atoms with van der Waals surface area (Å²) in [5.74, 6) is -0.424. The molecule has 1 fully saturated rings. The molecule has 3 N–H and O–H groups in total. The number of nitrogen functional groups attached to an aromatic ring is 1. The smallest absolute Gasteiger partial charge is 0.230 e. The Morgan fingerprint density at radius 3 is 2.58 bits per heavy atom. The van der Waals surface area contributed by atoms with Crippen molar-refractivity contribution in [1.82, 2.24) is 0 Å². The molecule has 0 radical (unpaired) electrons. The van der Waals surface area contributed by atoms with E-state index in [4.69, 9.17) is 5.73 Å². The van der Waals surface area contributed by atoms with Crippen molar-refractivity contribution in [1.29, 1.82) is 0 Å². The fraction of sp³-hybridized carbons (Fsp3) is 0.500. The monoisotopic (exact) mass is 286 g/mol. The van der Waals surface area contributed by atoms with Crippen LogP contribution >= 0.6 is 12.4 Å². The van der Waals surface area contributed by atoms with Crippen LogP contribution in [0.5, 0.6) is 0 Å². The van der Waals surface area contributed by atoms with E-state index in [0.29, 0.717) is 5.69 Å². The van der Waals surface area contributed by atoms with Crippen LogP contribution in [0.3, 0.4) is 0 Å². The molecule has 0 bridgehead atoms. The van der Waals surface area contributed by atoms with Crippen molar-refractivity contribution in [2.45, 2.75) is 39.0 Å². The Hall–Kier alpha value is -1.29. The number of anilines is 2. The number of rotatable bonds is 3. The molecule has 0 aliphatic heterocycles. The number of nitrogens with two attached hydrogens (primary N) is 1. The largest absolute Gasteiger partial charge is 0.396 e. The number of hydrogen-bond acceptors (Lipinski definition) is 2. The van der Waals surface area contributed by atoms with E-state index in [2.05, 4.69) is 5.32 Å². The van der Waals surface area contributed by atoms with Gasteiger partial charge in [0.05, 0.1) is 5.69 Å². The second-order valence-corrected chi connectivity index (χ2v) is 5.03. The summed E-state index contributed by atoms with van der Waals surface area (Å²) in [5.41, 5.74) is 5.87. The van der Waals surface area contributed by atoms with Crippen molar-refractivity contribution in [3.63, 3.8) is 0 Å². The molecule has 1 aromatic rings. The van der Waals surface area contributed by atoms with Crippen molar-refractivity contribution in [2.24, 2.45) is 5.41 Å². The second-order valence-electron chi connectivity index (χ2n) is 5.03. The van der Waals surface area contributed by atoms with Crippen LogP contribution in [0, 0.1) is 11.2 Å². The van der Waals surface area contributed by atoms with Crippen molar-refractivity contribution < 1.29 is 9.18 Å². The highest BCUT2D eigenvalue weighted by Gasteiger charge is 2.39. The molecule has 0 atom stereocenters. The maximum Gasteiger partial charge on any atom is 0.230 e. The molecule has 106 valence electrons. The SMILES string of the molecule is CCC1(C(=O)Nc2ccc(F)c(N)c2)CCCC1.Cl. The zero-order chi connectivity index (χ0) is 13.2. The van der Waals surface area contributed by atoms with E-state index in [1.807, 2.05) is 6.92 Å². The first-order chi connectivity index (χ1) is 8.57. The van der Waals surface area contributed by atoms with Gasteiger partial charge < -0.3 is 11.1 Å². The lowest BCUT2D eigenvalue weighted by molar-refractivity contribution is -0.125. The molecule has 2 rings (SSSR count). The van der Waals surface area contributed by atoms with Crippen molar-refractivity contribution >= 4 is 29.7 Å². The lowest BCUT2D eigenvalue weighted by atomic mass is 9.82. The molecule has 0 aromatic heterocycles. The van der Waals surface area contributed by atoms with Gasteiger partial charge in [-0.3, -0.25) is 4.79 Å². The summed E-state index contributed by atoms with van der Waals surface area (Å²) >= 11 is 0. The Kier molecular flexibility index (Phi) is 5.18. The fourth-order valence-corrected chi connectivity index (χ4v) is 2.68. The summed E-state index contributed by atoms with van der Waals surface area (Å²) in [4.78, 5) is 12.3. The average Bonchev–Trinajstić information content (AvgIpc) is 2.84. The zero-order valence-corrected chi connectivity index (χ0v) is 11.9. The topological polar surface area (TPSA) is 55.1 Å². The quantitative estimate of drug-likeness (QED) is 0.832. The molecule has 0 heterocycles. The molecule has 19 heavy (non-hydrogen) atoms. The maximum absolute atomic E-state index is 13.0. The first-order valence-corrected chi connectivity index (χ1v) is 6.44. The molecule has 1 aliphatic carbocycles. The van der Waals surface area contributed by atoms with Crippen LogP contribution in [0.25, 0.3) is 0 Å². The molecule has 1 amide bonds. The Balaban J connectivity index is 0.00000180. The molecule has 0 spiro atoms. The third-order valence-corrected chi connectivity index (χ3v) is 3.97. The average molecular weight is 287 g/mol. The standard InChI is InChI=1S/C14H19FN2O.ClH/c1-2-14(7-3-4-8-14)13(18)17-10-5-6-11(15)12(16)9-10;/h5-6,9H,2-4,7-8,16H2,1H3,(H,17,18);1H. The number of nitrogens with one attached hydrogen (secondary N) is 1. The maximum atomic E-state index is 13.0. The minimum absolute atomic E-state index is 0. The zero-order valence-electron chi connectivity index (χ0n) is 11.0. The molecular formula is C14H20ClFN2O. The van der Waals surface area contributed by atoms with E-state index in [1.165, 1.54) is 12.1 Å². The number of benzene rings is 1. The number of halogens is 2. The highest BCUT2D eigenvalue weighted by molar-refractivity contribution is 5.95. The van der Waals surface area contributed by atoms with Crippen molar-refractivity contribution in [3.8, 4) is 0 Å². The van der Waals surface area contributed by atoms with Crippen LogP contribution in [0.1, 0.15) is 39.0 Å². The van der Waals surface area contributed by atoms with Gasteiger partial charge in [0.25, 0.3) is 0 Å². The summed E-state index contributed by atoms with van der Waals surface area (Å²) in [5, 5.41) is 2.86. The molecule has 3 nitrogen and oxygen atoms in total. The fourth-order valence-electron chi connectivity index (χ4n) is 2.68. The Labute approximate surface area is 119 Å². The Morgan fingerprint density at radius 1 is 1.42 bits per heavy atom. The summed E-state index contributed by atoms with van der Waals surface area (Å²) in [6, 6.07) is 4.28. The van der Waals surface area contributed by atoms with Gasteiger partial charge in [-0.1, -0.05) is 19.8 Å². The van der Waals surface area contributed by atoms with Crippen LogP contribution in [-0.2, 0) is 4.79 Å². The van der Waals surface area contributed by atoms with E-state index in [0.717, 1.165) is 32.1 Å². The van der Waals surface area contributed by atoms with Crippen LogP contribution in [0.2, 0.25) is 0 Å². The molecule has 1 saturated carbocycles. The Morgan fingerprint density at radius 2 is 2.05 bits per heavy atom. The van der Waals surface area contributed by atoms with Gasteiger partial charge in [0.15, 0.2) is 0 Å². The highest BCUT2D eigenvalue weighted by Crippen LogP contribution is 2.41. The van der Waals surface area contributed by atoms with E-state index in [1.54, 1.807) is 6.07 Å². The number of hydrogen-bond donors (Lipinski definition) is 2. The second kappa shape index (κ2) is 6.24. The molecular weight excluding hydrogens is 267 g/mol. The van der Waals surface area contributed by atoms with Crippen LogP contribution in [0.4, 0.5) is 15.8 Å². The number of carbonyl (C=O) groups is 1. The normalized spacial score (nSPS) is 16.7. The predicted octanol–water partition coefficient (Wildman–Crippen LogP) is 3.74. The summed E-state index contributed by atoms with van der Waals surface area (Å²) < 4.78 is 13.0. The molecule has 1 aliphatic rings. The van der Waals surface area contributed by atoms with Gasteiger partial charge in [0.1, 0.15) is 5.82 Å². The molecule has 0 unspecified atom stereocenters. The van der Waals surface area contributed by atoms with E-state index >= 15 is 0 Å². The van der Waals surface area contributed by atoms with Crippen LogP contribution < -0.4 is 11.1 Å². The minimum Gasteiger partial charge on any atom is -0.396 e. The van der Waals surface area contributed by atoms with Gasteiger partial charge in [0.2, 0.25) is 5.91 Å². The third-order valence-electron chi connectivity index (χ3n) is 3.97. The van der Waals surface area contributed by atoms with Crippen molar-refractivity contribution in [2.75, 3.05) is 11.1 Å². The van der Waals surface area contributed by atoms with Gasteiger partial charge in [-0.25, -0.2) is 4.39 Å². The third kappa shape index (κ3) is 3.18. The molecule has 1 aromatic carbocycles. The van der Waals surface area contributed by atoms with Gasteiger partial charge in [0, 0.05) is 11.1 Å². The lowest BCUT2D eigenvalue weighted by Crippen LogP contribution is -2.33. The van der Waals surface area contributed by atoms with E-state index < -0.39 is 5.82 Å². The van der Waals surface area contributed by atoms with Gasteiger partial charge in [-0.05, 0) is 37.5 Å². The minimum atomic E-state index is -0.459. The van der Waals surface area contributed by atoms with Gasteiger partial charge >= 0.3 is 0 Å². The lowest BCUT2D eigenvalue weighted by Gasteiger charge is -2.26. The van der Waals surface area contributed by atoms with E-state index in [9.17, 15) is 9.18 Å². The van der Waals surface area contributed by atoms with Crippen molar-refractivity contribution in [3.05, 3.63) is 24.0 Å².